The van der Waals surface area contributed by atoms with Crippen LogP contribution in [0.5, 0.6) is 0 Å². The van der Waals surface area contributed by atoms with Crippen molar-refractivity contribution in [2.24, 2.45) is 5.73 Å². The summed E-state index contributed by atoms with van der Waals surface area (Å²) in [4.78, 5) is 0. The van der Waals surface area contributed by atoms with Crippen LogP contribution >= 0.6 is 0 Å². The van der Waals surface area contributed by atoms with E-state index in [-0.39, 0.29) is 6.04 Å². The van der Waals surface area contributed by atoms with Crippen molar-refractivity contribution in [3.63, 3.8) is 0 Å². The van der Waals surface area contributed by atoms with Crippen LogP contribution in [0.1, 0.15) is 24.1 Å². The first kappa shape index (κ1) is 13.0. The minimum atomic E-state index is 0.0514. The molecule has 0 radical (unpaired) electrons. The molecule has 1 unspecified atom stereocenters. The van der Waals surface area contributed by atoms with E-state index >= 15 is 0 Å². The Balaban J connectivity index is 0.000000181. The fraction of sp³-hybridized carbons (Fsp3) is 0.636. The van der Waals surface area contributed by atoms with E-state index in [9.17, 15) is 0 Å². The first-order chi connectivity index (χ1) is 7.72. The van der Waals surface area contributed by atoms with Crippen LogP contribution < -0.4 is 5.73 Å². The molecule has 2 rings (SSSR count). The minimum Gasteiger partial charge on any atom is -0.377 e. The topological polar surface area (TPSA) is 70.3 Å². The molecule has 1 fully saturated rings. The third-order valence-corrected chi connectivity index (χ3v) is 2.20. The Morgan fingerprint density at radius 1 is 1.12 bits per heavy atom. The molecule has 1 aromatic rings. The van der Waals surface area contributed by atoms with Gasteiger partial charge in [0.2, 0.25) is 0 Å². The molecule has 5 nitrogen and oxygen atoms in total. The molecule has 0 saturated carbocycles. The van der Waals surface area contributed by atoms with Gasteiger partial charge in [0.25, 0.3) is 0 Å². The molecule has 1 atom stereocenters. The second-order valence-electron chi connectivity index (χ2n) is 3.64. The van der Waals surface area contributed by atoms with Gasteiger partial charge in [-0.05, 0) is 25.0 Å². The molecule has 2 N–H and O–H groups in total. The Labute approximate surface area is 96.0 Å². The Hall–Kier alpha value is -1.04. The molecule has 5 heteroatoms. The van der Waals surface area contributed by atoms with Crippen molar-refractivity contribution in [2.75, 3.05) is 26.4 Å². The molecular formula is C11H19N3O2. The van der Waals surface area contributed by atoms with Crippen LogP contribution in [0.15, 0.2) is 12.4 Å². The summed E-state index contributed by atoms with van der Waals surface area (Å²) < 4.78 is 9.89. The van der Waals surface area contributed by atoms with Crippen LogP contribution in [-0.2, 0) is 9.47 Å². The fourth-order valence-electron chi connectivity index (χ4n) is 1.31. The minimum absolute atomic E-state index is 0.0514. The number of nitrogens with zero attached hydrogens (tertiary/aromatic N) is 2. The second-order valence-corrected chi connectivity index (χ2v) is 3.64. The lowest BCUT2D eigenvalue weighted by atomic mass is 10.1. The van der Waals surface area contributed by atoms with Gasteiger partial charge < -0.3 is 15.2 Å². The van der Waals surface area contributed by atoms with Crippen molar-refractivity contribution in [3.8, 4) is 0 Å². The zero-order valence-corrected chi connectivity index (χ0v) is 9.85. The van der Waals surface area contributed by atoms with Gasteiger partial charge in [-0.2, -0.15) is 10.2 Å². The van der Waals surface area contributed by atoms with Gasteiger partial charge in [-0.3, -0.25) is 0 Å². The largest absolute Gasteiger partial charge is 0.377 e. The zero-order valence-electron chi connectivity index (χ0n) is 9.85. The Morgan fingerprint density at radius 2 is 1.62 bits per heavy atom. The van der Waals surface area contributed by atoms with E-state index in [0.717, 1.165) is 37.6 Å². The summed E-state index contributed by atoms with van der Waals surface area (Å²) in [7, 11) is 0. The van der Waals surface area contributed by atoms with Gasteiger partial charge in [-0.25, -0.2) is 0 Å². The molecular weight excluding hydrogens is 206 g/mol. The summed E-state index contributed by atoms with van der Waals surface area (Å²) in [5.74, 6) is 0. The van der Waals surface area contributed by atoms with E-state index in [1.165, 1.54) is 0 Å². The molecule has 0 bridgehead atoms. The highest BCUT2D eigenvalue weighted by atomic mass is 16.6. The van der Waals surface area contributed by atoms with E-state index in [4.69, 9.17) is 15.2 Å². The van der Waals surface area contributed by atoms with Crippen LogP contribution in [0, 0.1) is 6.92 Å². The highest BCUT2D eigenvalue weighted by Gasteiger charge is 2.01. The molecule has 0 aliphatic carbocycles. The SMILES string of the molecule is C1COCCO1.Cc1cnncc1C(C)N. The number of nitrogens with two attached hydrogens (primary N) is 1. The van der Waals surface area contributed by atoms with Crippen molar-refractivity contribution in [2.45, 2.75) is 19.9 Å². The average molecular weight is 225 g/mol. The Kier molecular flexibility index (Phi) is 5.92. The van der Waals surface area contributed by atoms with Crippen LogP contribution in [0.4, 0.5) is 0 Å². The third-order valence-electron chi connectivity index (χ3n) is 2.20. The monoisotopic (exact) mass is 225 g/mol. The first-order valence-electron chi connectivity index (χ1n) is 5.40. The quantitative estimate of drug-likeness (QED) is 0.766. The van der Waals surface area contributed by atoms with Crippen molar-refractivity contribution < 1.29 is 9.47 Å². The summed E-state index contributed by atoms with van der Waals surface area (Å²) in [6, 6.07) is 0.0514. The maximum Gasteiger partial charge on any atom is 0.0701 e. The second kappa shape index (κ2) is 7.27. The molecule has 1 saturated heterocycles. The van der Waals surface area contributed by atoms with E-state index in [1.807, 2.05) is 13.8 Å². The molecule has 1 aliphatic heterocycles. The van der Waals surface area contributed by atoms with Gasteiger partial charge in [0.15, 0.2) is 0 Å². The van der Waals surface area contributed by atoms with Gasteiger partial charge in [0, 0.05) is 6.04 Å². The van der Waals surface area contributed by atoms with Crippen molar-refractivity contribution in [1.82, 2.24) is 10.2 Å². The predicted octanol–water partition coefficient (Wildman–Crippen LogP) is 0.838. The summed E-state index contributed by atoms with van der Waals surface area (Å²) in [6.07, 6.45) is 3.43. The number of aryl methyl sites for hydroxylation is 1. The van der Waals surface area contributed by atoms with E-state index in [1.54, 1.807) is 12.4 Å². The highest BCUT2D eigenvalue weighted by Crippen LogP contribution is 2.10. The molecule has 90 valence electrons. The van der Waals surface area contributed by atoms with E-state index < -0.39 is 0 Å². The molecule has 0 amide bonds. The summed E-state index contributed by atoms with van der Waals surface area (Å²) in [5.41, 5.74) is 7.81. The van der Waals surface area contributed by atoms with Gasteiger partial charge >= 0.3 is 0 Å². The Bertz CT molecular complexity index is 290. The maximum absolute atomic E-state index is 5.65. The number of ether oxygens (including phenoxy) is 2. The normalized spacial score (nSPS) is 17.2. The van der Waals surface area contributed by atoms with Crippen LogP contribution in [-0.4, -0.2) is 36.6 Å². The van der Waals surface area contributed by atoms with Crippen molar-refractivity contribution in [1.29, 1.82) is 0 Å². The molecule has 16 heavy (non-hydrogen) atoms. The van der Waals surface area contributed by atoms with Gasteiger partial charge in [-0.15, -0.1) is 0 Å². The van der Waals surface area contributed by atoms with Crippen LogP contribution in [0.25, 0.3) is 0 Å². The average Bonchev–Trinajstić information content (AvgIpc) is 2.32. The summed E-state index contributed by atoms with van der Waals surface area (Å²) in [5, 5.41) is 7.46. The lowest BCUT2D eigenvalue weighted by Gasteiger charge is -2.09. The number of hydrogen-bond donors (Lipinski definition) is 1. The summed E-state index contributed by atoms with van der Waals surface area (Å²) in [6.45, 7) is 7.03. The third kappa shape index (κ3) is 4.65. The fourth-order valence-corrected chi connectivity index (χ4v) is 1.31. The lowest BCUT2D eigenvalue weighted by Crippen LogP contribution is -2.16. The summed E-state index contributed by atoms with van der Waals surface area (Å²) >= 11 is 0. The number of aromatic nitrogens is 2. The molecule has 1 aromatic heterocycles. The van der Waals surface area contributed by atoms with Crippen molar-refractivity contribution in [3.05, 3.63) is 23.5 Å². The molecule has 0 aromatic carbocycles. The van der Waals surface area contributed by atoms with Gasteiger partial charge in [0.1, 0.15) is 0 Å². The van der Waals surface area contributed by atoms with Gasteiger partial charge in [0.05, 0.1) is 38.8 Å². The number of rotatable bonds is 1. The van der Waals surface area contributed by atoms with Gasteiger partial charge in [-0.1, -0.05) is 0 Å². The zero-order chi connectivity index (χ0) is 11.8. The predicted molar refractivity (Wildman–Crippen MR) is 61.0 cm³/mol. The molecule has 0 spiro atoms. The standard InChI is InChI=1S/C7H11N3.C4H8O2/c1-5-3-9-10-4-7(5)6(2)8;1-2-6-4-3-5-1/h3-4,6H,8H2,1-2H3;1-4H2. The van der Waals surface area contributed by atoms with Crippen molar-refractivity contribution >= 4 is 0 Å². The lowest BCUT2D eigenvalue weighted by molar-refractivity contribution is -0.0334. The molecule has 1 aliphatic rings. The highest BCUT2D eigenvalue weighted by molar-refractivity contribution is 5.21. The molecule has 2 heterocycles. The first-order valence-corrected chi connectivity index (χ1v) is 5.40. The maximum atomic E-state index is 5.65. The van der Waals surface area contributed by atoms with E-state index in [0.29, 0.717) is 0 Å². The smallest absolute Gasteiger partial charge is 0.0701 e. The number of hydrogen-bond acceptors (Lipinski definition) is 5. The van der Waals surface area contributed by atoms with Crippen LogP contribution in [0.3, 0.4) is 0 Å². The Morgan fingerprint density at radius 3 is 1.94 bits per heavy atom. The van der Waals surface area contributed by atoms with Crippen LogP contribution in [0.2, 0.25) is 0 Å². The van der Waals surface area contributed by atoms with E-state index in [2.05, 4.69) is 10.2 Å².